The Morgan fingerprint density at radius 2 is 1.86 bits per heavy atom. The van der Waals surface area contributed by atoms with Crippen LogP contribution in [-0.2, 0) is 24.5 Å². The lowest BCUT2D eigenvalue weighted by molar-refractivity contribution is -0.138. The van der Waals surface area contributed by atoms with Crippen LogP contribution in [0.15, 0.2) is 65.1 Å². The molecule has 180 valence electrons. The van der Waals surface area contributed by atoms with E-state index in [1.54, 1.807) is 41.3 Å². The quantitative estimate of drug-likeness (QED) is 0.606. The van der Waals surface area contributed by atoms with Gasteiger partial charge < -0.3 is 15.8 Å². The number of para-hydroxylation sites is 1. The molecule has 1 amide bonds. The first-order chi connectivity index (χ1) is 16.5. The minimum absolute atomic E-state index is 0.0127. The van der Waals surface area contributed by atoms with Crippen molar-refractivity contribution in [2.45, 2.75) is 39.0 Å². The number of allylic oxidation sites excluding steroid dienone is 1. The summed E-state index contributed by atoms with van der Waals surface area (Å²) in [6, 6.07) is 12.5. The number of nitrogens with two attached hydrogens (primary N) is 1. The highest BCUT2D eigenvalue weighted by Crippen LogP contribution is 2.57. The summed E-state index contributed by atoms with van der Waals surface area (Å²) in [6.45, 7) is 5.90. The molecular weight excluding hydrogens is 466 g/mol. The van der Waals surface area contributed by atoms with E-state index < -0.39 is 22.7 Å². The standard InChI is InChI=1S/C27H26ClN3O4/c1-14-9-10-18(16(28)11-14)31-19-12-26(2,3)13-20(32)21(19)27(22(23(31)29)24(33)35-4)15-7-5-6-8-17(15)30-25(27)34/h5-11H,12-13,29H2,1-4H3,(H,30,34). The van der Waals surface area contributed by atoms with Crippen LogP contribution in [-0.4, -0.2) is 24.8 Å². The molecule has 0 saturated carbocycles. The molecule has 2 aliphatic heterocycles. The smallest absolute Gasteiger partial charge is 0.339 e. The number of amides is 1. The zero-order valence-corrected chi connectivity index (χ0v) is 20.7. The number of nitrogens with zero attached hydrogens (tertiary/aromatic N) is 1. The lowest BCUT2D eigenvalue weighted by Crippen LogP contribution is -2.54. The van der Waals surface area contributed by atoms with Gasteiger partial charge in [0.2, 0.25) is 5.91 Å². The number of anilines is 2. The number of methoxy groups -OCH3 is 1. The molecule has 1 atom stereocenters. The van der Waals surface area contributed by atoms with Crippen molar-refractivity contribution in [2.75, 3.05) is 17.3 Å². The van der Waals surface area contributed by atoms with E-state index in [-0.39, 0.29) is 29.2 Å². The van der Waals surface area contributed by atoms with Crippen LogP contribution in [0.2, 0.25) is 5.02 Å². The van der Waals surface area contributed by atoms with Crippen LogP contribution in [0.5, 0.6) is 0 Å². The lowest BCUT2D eigenvalue weighted by atomic mass is 9.60. The summed E-state index contributed by atoms with van der Waals surface area (Å²) in [5, 5.41) is 3.28. The topological polar surface area (TPSA) is 102 Å². The van der Waals surface area contributed by atoms with Crippen LogP contribution in [0.3, 0.4) is 0 Å². The van der Waals surface area contributed by atoms with Crippen molar-refractivity contribution in [3.63, 3.8) is 0 Å². The second-order valence-electron chi connectivity index (χ2n) is 10.1. The molecule has 2 heterocycles. The molecule has 5 rings (SSSR count). The van der Waals surface area contributed by atoms with Crippen molar-refractivity contribution in [1.82, 2.24) is 0 Å². The maximum Gasteiger partial charge on any atom is 0.339 e. The van der Waals surface area contributed by atoms with E-state index >= 15 is 0 Å². The largest absolute Gasteiger partial charge is 0.466 e. The normalized spacial score (nSPS) is 22.8. The molecule has 8 heteroatoms. The van der Waals surface area contributed by atoms with Gasteiger partial charge in [0.05, 0.1) is 17.8 Å². The Kier molecular flexibility index (Phi) is 5.11. The first kappa shape index (κ1) is 23.2. The Hall–Kier alpha value is -3.58. The van der Waals surface area contributed by atoms with Gasteiger partial charge in [0, 0.05) is 28.9 Å². The second-order valence-corrected chi connectivity index (χ2v) is 10.5. The van der Waals surface area contributed by atoms with E-state index in [2.05, 4.69) is 5.32 Å². The molecule has 0 bridgehead atoms. The third-order valence-electron chi connectivity index (χ3n) is 7.02. The summed E-state index contributed by atoms with van der Waals surface area (Å²) in [6.07, 6.45) is 0.664. The Balaban J connectivity index is 1.94. The predicted octanol–water partition coefficient (Wildman–Crippen LogP) is 4.35. The zero-order valence-electron chi connectivity index (χ0n) is 20.0. The first-order valence-corrected chi connectivity index (χ1v) is 11.7. The number of benzene rings is 2. The third-order valence-corrected chi connectivity index (χ3v) is 7.33. The van der Waals surface area contributed by atoms with E-state index in [4.69, 9.17) is 22.1 Å². The molecule has 2 aromatic carbocycles. The molecule has 0 fully saturated rings. The summed E-state index contributed by atoms with van der Waals surface area (Å²) >= 11 is 6.67. The van der Waals surface area contributed by atoms with Gasteiger partial charge in [-0.15, -0.1) is 0 Å². The number of esters is 1. The molecule has 35 heavy (non-hydrogen) atoms. The highest BCUT2D eigenvalue weighted by molar-refractivity contribution is 6.33. The average molecular weight is 492 g/mol. The van der Waals surface area contributed by atoms with E-state index in [1.807, 2.05) is 26.8 Å². The fourth-order valence-electron chi connectivity index (χ4n) is 5.66. The zero-order chi connectivity index (χ0) is 25.3. The maximum atomic E-state index is 13.9. The summed E-state index contributed by atoms with van der Waals surface area (Å²) in [7, 11) is 1.23. The summed E-state index contributed by atoms with van der Waals surface area (Å²) < 4.78 is 5.15. The second kappa shape index (κ2) is 7.71. The van der Waals surface area contributed by atoms with Gasteiger partial charge in [-0.25, -0.2) is 4.79 Å². The van der Waals surface area contributed by atoms with Crippen LogP contribution >= 0.6 is 11.6 Å². The Morgan fingerprint density at radius 1 is 1.14 bits per heavy atom. The predicted molar refractivity (Wildman–Crippen MR) is 134 cm³/mol. The van der Waals surface area contributed by atoms with Crippen molar-refractivity contribution < 1.29 is 19.1 Å². The number of ketones is 1. The van der Waals surface area contributed by atoms with Gasteiger partial charge in [-0.1, -0.05) is 49.7 Å². The first-order valence-electron chi connectivity index (χ1n) is 11.4. The molecule has 0 radical (unpaired) electrons. The van der Waals surface area contributed by atoms with Gasteiger partial charge in [0.1, 0.15) is 16.8 Å². The Labute approximate surface area is 208 Å². The van der Waals surface area contributed by atoms with E-state index in [1.165, 1.54) is 7.11 Å². The molecule has 1 unspecified atom stereocenters. The van der Waals surface area contributed by atoms with Gasteiger partial charge in [0.15, 0.2) is 5.78 Å². The van der Waals surface area contributed by atoms with Gasteiger partial charge in [-0.2, -0.15) is 0 Å². The fraction of sp³-hybridized carbons (Fsp3) is 0.296. The number of rotatable bonds is 2. The monoisotopic (exact) mass is 491 g/mol. The third kappa shape index (κ3) is 3.14. The lowest BCUT2D eigenvalue weighted by Gasteiger charge is -2.47. The van der Waals surface area contributed by atoms with Crippen LogP contribution in [0.1, 0.15) is 37.8 Å². The van der Waals surface area contributed by atoms with Gasteiger partial charge in [0.25, 0.3) is 0 Å². The van der Waals surface area contributed by atoms with Crippen LogP contribution in [0, 0.1) is 12.3 Å². The average Bonchev–Trinajstić information content (AvgIpc) is 3.06. The molecule has 0 aromatic heterocycles. The van der Waals surface area contributed by atoms with Gasteiger partial charge in [-0.3, -0.25) is 14.5 Å². The summed E-state index contributed by atoms with van der Waals surface area (Å²) in [4.78, 5) is 42.8. The maximum absolute atomic E-state index is 13.9. The number of nitrogens with one attached hydrogen (secondary N) is 1. The summed E-state index contributed by atoms with van der Waals surface area (Å²) in [5.74, 6) is -1.49. The van der Waals surface area contributed by atoms with E-state index in [9.17, 15) is 14.4 Å². The molecule has 1 aliphatic carbocycles. The molecule has 7 nitrogen and oxygen atoms in total. The van der Waals surface area contributed by atoms with Gasteiger partial charge >= 0.3 is 5.97 Å². The van der Waals surface area contributed by atoms with E-state index in [0.717, 1.165) is 5.56 Å². The number of hydrogen-bond acceptors (Lipinski definition) is 6. The fourth-order valence-corrected chi connectivity index (χ4v) is 5.98. The number of carbonyl (C=O) groups excluding carboxylic acids is 3. The number of Topliss-reactive ketones (excluding diaryl/α,β-unsaturated/α-hetero) is 1. The van der Waals surface area contributed by atoms with Crippen LogP contribution in [0.4, 0.5) is 11.4 Å². The van der Waals surface area contributed by atoms with Crippen LogP contribution in [0.25, 0.3) is 0 Å². The van der Waals surface area contributed by atoms with Crippen LogP contribution < -0.4 is 16.0 Å². The number of fused-ring (bicyclic) bond motifs is 3. The Morgan fingerprint density at radius 3 is 2.54 bits per heavy atom. The molecule has 0 saturated heterocycles. The molecule has 2 aromatic rings. The minimum atomic E-state index is -1.72. The molecule has 3 N–H and O–H groups in total. The molecular formula is C27H26ClN3O4. The van der Waals surface area contributed by atoms with E-state index in [0.29, 0.717) is 34.1 Å². The highest BCUT2D eigenvalue weighted by atomic mass is 35.5. The van der Waals surface area contributed by atoms with Crippen molar-refractivity contribution in [3.8, 4) is 0 Å². The number of carbonyl (C=O) groups is 3. The number of halogens is 1. The van der Waals surface area contributed by atoms with Crippen molar-refractivity contribution in [2.24, 2.45) is 11.1 Å². The minimum Gasteiger partial charge on any atom is -0.466 e. The Bertz CT molecular complexity index is 1390. The molecule has 3 aliphatic rings. The highest BCUT2D eigenvalue weighted by Gasteiger charge is 2.62. The molecule has 1 spiro atoms. The van der Waals surface area contributed by atoms with Gasteiger partial charge in [-0.05, 0) is 42.5 Å². The summed E-state index contributed by atoms with van der Waals surface area (Å²) in [5.41, 5.74) is 7.87. The number of hydrogen-bond donors (Lipinski definition) is 2. The van der Waals surface area contributed by atoms with Crippen molar-refractivity contribution in [3.05, 3.63) is 81.3 Å². The number of aryl methyl sites for hydroxylation is 1. The van der Waals surface area contributed by atoms with Crippen molar-refractivity contribution in [1.29, 1.82) is 0 Å². The number of ether oxygens (including phenoxy) is 1. The SMILES string of the molecule is COC(=O)C1=C(N)N(c2ccc(C)cc2Cl)C2=C(C(=O)CC(C)(C)C2)C12C(=O)Nc1ccccc12. The van der Waals surface area contributed by atoms with Crippen molar-refractivity contribution >= 4 is 40.6 Å².